The molecule has 2 aromatic rings. The van der Waals surface area contributed by atoms with Gasteiger partial charge in [-0.25, -0.2) is 0 Å². The first-order valence-corrected chi connectivity index (χ1v) is 10.6. The Kier molecular flexibility index (Phi) is 6.16. The number of piperidine rings is 1. The lowest BCUT2D eigenvalue weighted by Gasteiger charge is -2.37. The predicted molar refractivity (Wildman–Crippen MR) is 117 cm³/mol. The maximum Gasteiger partial charge on any atom is 0.241 e. The zero-order valence-electron chi connectivity index (χ0n) is 17.4. The van der Waals surface area contributed by atoms with E-state index >= 15 is 0 Å². The first kappa shape index (κ1) is 19.9. The topological polar surface area (TPSA) is 44.8 Å². The minimum atomic E-state index is -0.0210. The number of likely N-dealkylation sites (tertiary alicyclic amines) is 2. The van der Waals surface area contributed by atoms with Crippen molar-refractivity contribution in [1.29, 1.82) is 0 Å². The summed E-state index contributed by atoms with van der Waals surface area (Å²) in [7, 11) is 3.85. The van der Waals surface area contributed by atoms with E-state index in [1.54, 1.807) is 7.11 Å². The molecule has 2 aliphatic rings. The Morgan fingerprint density at radius 3 is 2.45 bits per heavy atom. The smallest absolute Gasteiger partial charge is 0.241 e. The number of hydrogen-bond donors (Lipinski definition) is 1. The molecule has 0 saturated carbocycles. The summed E-state index contributed by atoms with van der Waals surface area (Å²) in [5, 5.41) is 3.24. The molecule has 5 nitrogen and oxygen atoms in total. The van der Waals surface area contributed by atoms with Gasteiger partial charge in [-0.2, -0.15) is 0 Å². The van der Waals surface area contributed by atoms with Gasteiger partial charge >= 0.3 is 0 Å². The molecule has 1 atom stereocenters. The van der Waals surface area contributed by atoms with E-state index < -0.39 is 0 Å². The van der Waals surface area contributed by atoms with Crippen LogP contribution in [0, 0.1) is 0 Å². The summed E-state index contributed by atoms with van der Waals surface area (Å²) < 4.78 is 5.27. The van der Waals surface area contributed by atoms with Crippen LogP contribution in [-0.2, 0) is 4.79 Å². The minimum Gasteiger partial charge on any atom is -0.497 e. The van der Waals surface area contributed by atoms with Crippen molar-refractivity contribution in [2.24, 2.45) is 0 Å². The molecule has 0 aliphatic carbocycles. The molecule has 2 aliphatic heterocycles. The maximum absolute atomic E-state index is 13.2. The minimum absolute atomic E-state index is 0.0210. The van der Waals surface area contributed by atoms with Crippen LogP contribution in [0.4, 0.5) is 5.69 Å². The third-order valence-corrected chi connectivity index (χ3v) is 6.34. The van der Waals surface area contributed by atoms with Gasteiger partial charge in [-0.1, -0.05) is 30.3 Å². The summed E-state index contributed by atoms with van der Waals surface area (Å²) in [6.45, 7) is 3.28. The highest BCUT2D eigenvalue weighted by atomic mass is 16.5. The van der Waals surface area contributed by atoms with Crippen molar-refractivity contribution in [2.45, 2.75) is 37.8 Å². The van der Waals surface area contributed by atoms with Gasteiger partial charge in [0.2, 0.25) is 5.91 Å². The van der Waals surface area contributed by atoms with Gasteiger partial charge in [0.15, 0.2) is 0 Å². The van der Waals surface area contributed by atoms with Crippen molar-refractivity contribution in [3.63, 3.8) is 0 Å². The Morgan fingerprint density at radius 1 is 1.00 bits per heavy atom. The number of ether oxygens (including phenoxy) is 1. The number of amides is 1. The number of hydrogen-bond acceptors (Lipinski definition) is 4. The van der Waals surface area contributed by atoms with Gasteiger partial charge in [0.05, 0.1) is 13.2 Å². The molecule has 2 heterocycles. The van der Waals surface area contributed by atoms with E-state index in [0.717, 1.165) is 67.9 Å². The molecule has 0 spiro atoms. The van der Waals surface area contributed by atoms with Crippen LogP contribution in [0.2, 0.25) is 0 Å². The van der Waals surface area contributed by atoms with Gasteiger partial charge in [0.25, 0.3) is 0 Å². The number of methoxy groups -OCH3 is 1. The van der Waals surface area contributed by atoms with Gasteiger partial charge in [0.1, 0.15) is 5.75 Å². The third-order valence-electron chi connectivity index (χ3n) is 6.34. The quantitative estimate of drug-likeness (QED) is 0.838. The molecule has 29 heavy (non-hydrogen) atoms. The Morgan fingerprint density at radius 2 is 1.72 bits per heavy atom. The Hall–Kier alpha value is -2.37. The van der Waals surface area contributed by atoms with Crippen LogP contribution in [-0.4, -0.2) is 61.6 Å². The second-order valence-corrected chi connectivity index (χ2v) is 8.19. The average molecular weight is 394 g/mol. The molecular formula is C24H31N3O2. The van der Waals surface area contributed by atoms with Crippen LogP contribution in [0.25, 0.3) is 11.1 Å². The van der Waals surface area contributed by atoms with Gasteiger partial charge in [-0.3, -0.25) is 9.69 Å². The molecule has 2 aromatic carbocycles. The van der Waals surface area contributed by atoms with Crippen molar-refractivity contribution in [3.05, 3.63) is 48.5 Å². The lowest BCUT2D eigenvalue weighted by atomic mass is 10.0. The average Bonchev–Trinajstić information content (AvgIpc) is 3.25. The van der Waals surface area contributed by atoms with E-state index in [9.17, 15) is 4.79 Å². The van der Waals surface area contributed by atoms with Crippen molar-refractivity contribution in [2.75, 3.05) is 39.1 Å². The number of para-hydroxylation sites is 1. The zero-order chi connectivity index (χ0) is 20.2. The van der Waals surface area contributed by atoms with Gasteiger partial charge in [-0.15, -0.1) is 0 Å². The number of carbonyl (C=O) groups excluding carboxylic acids is 1. The van der Waals surface area contributed by atoms with Crippen molar-refractivity contribution < 1.29 is 9.53 Å². The first-order valence-electron chi connectivity index (χ1n) is 10.6. The standard InChI is InChI=1S/C24H31N3O2/c1-26-16-13-19(14-17-26)27-15-5-8-23(27)24(28)25-22-7-4-3-6-21(22)18-9-11-20(29-2)12-10-18/h3-4,6-7,9-12,19,23H,5,8,13-17H2,1-2H3,(H,25,28). The number of benzene rings is 2. The molecule has 0 bridgehead atoms. The van der Waals surface area contributed by atoms with Gasteiger partial charge in [0, 0.05) is 17.3 Å². The second-order valence-electron chi connectivity index (χ2n) is 8.19. The Labute approximate surface area is 173 Å². The SMILES string of the molecule is COc1ccc(-c2ccccc2NC(=O)C2CCCN2C2CCN(C)CC2)cc1. The van der Waals surface area contributed by atoms with E-state index in [1.807, 2.05) is 42.5 Å². The number of rotatable bonds is 5. The number of nitrogens with zero attached hydrogens (tertiary/aromatic N) is 2. The molecule has 0 aromatic heterocycles. The van der Waals surface area contributed by atoms with Gasteiger partial charge in [-0.05, 0) is 76.1 Å². The van der Waals surface area contributed by atoms with E-state index in [0.29, 0.717) is 6.04 Å². The fraction of sp³-hybridized carbons (Fsp3) is 0.458. The van der Waals surface area contributed by atoms with Crippen LogP contribution in [0.1, 0.15) is 25.7 Å². The van der Waals surface area contributed by atoms with Crippen LogP contribution in [0.15, 0.2) is 48.5 Å². The highest BCUT2D eigenvalue weighted by molar-refractivity contribution is 5.98. The monoisotopic (exact) mass is 393 g/mol. The van der Waals surface area contributed by atoms with Crippen LogP contribution >= 0.6 is 0 Å². The molecule has 2 saturated heterocycles. The number of anilines is 1. The lowest BCUT2D eigenvalue weighted by Crippen LogP contribution is -2.49. The van der Waals surface area contributed by atoms with Crippen molar-refractivity contribution >= 4 is 11.6 Å². The summed E-state index contributed by atoms with van der Waals surface area (Å²) in [5.41, 5.74) is 2.98. The fourth-order valence-electron chi connectivity index (χ4n) is 4.66. The molecule has 0 radical (unpaired) electrons. The van der Waals surface area contributed by atoms with Crippen molar-refractivity contribution in [1.82, 2.24) is 9.80 Å². The van der Waals surface area contributed by atoms with E-state index in [2.05, 4.69) is 28.2 Å². The van der Waals surface area contributed by atoms with E-state index in [4.69, 9.17) is 4.74 Å². The van der Waals surface area contributed by atoms with Crippen LogP contribution in [0.3, 0.4) is 0 Å². The largest absolute Gasteiger partial charge is 0.497 e. The van der Waals surface area contributed by atoms with Gasteiger partial charge < -0.3 is 15.0 Å². The molecule has 1 unspecified atom stereocenters. The Bertz CT molecular complexity index is 828. The predicted octanol–water partition coefficient (Wildman–Crippen LogP) is 3.86. The third kappa shape index (κ3) is 4.46. The highest BCUT2D eigenvalue weighted by Gasteiger charge is 2.36. The number of carbonyl (C=O) groups is 1. The molecule has 1 N–H and O–H groups in total. The first-order chi connectivity index (χ1) is 14.2. The molecular weight excluding hydrogens is 362 g/mol. The summed E-state index contributed by atoms with van der Waals surface area (Å²) in [4.78, 5) is 18.1. The van der Waals surface area contributed by atoms with Crippen LogP contribution in [0.5, 0.6) is 5.75 Å². The molecule has 1 amide bonds. The molecule has 2 fully saturated rings. The molecule has 4 rings (SSSR count). The number of nitrogens with one attached hydrogen (secondary N) is 1. The maximum atomic E-state index is 13.2. The normalized spacial score (nSPS) is 21.2. The highest BCUT2D eigenvalue weighted by Crippen LogP contribution is 2.31. The molecule has 154 valence electrons. The lowest BCUT2D eigenvalue weighted by molar-refractivity contribution is -0.121. The van der Waals surface area contributed by atoms with E-state index in [-0.39, 0.29) is 11.9 Å². The summed E-state index contributed by atoms with van der Waals surface area (Å²) in [6.07, 6.45) is 4.36. The van der Waals surface area contributed by atoms with Crippen molar-refractivity contribution in [3.8, 4) is 16.9 Å². The summed E-state index contributed by atoms with van der Waals surface area (Å²) in [6, 6.07) is 16.5. The summed E-state index contributed by atoms with van der Waals surface area (Å²) >= 11 is 0. The van der Waals surface area contributed by atoms with E-state index in [1.165, 1.54) is 0 Å². The summed E-state index contributed by atoms with van der Waals surface area (Å²) in [5.74, 6) is 0.956. The zero-order valence-corrected chi connectivity index (χ0v) is 17.4. The Balaban J connectivity index is 1.49. The second kappa shape index (κ2) is 8.97. The fourth-order valence-corrected chi connectivity index (χ4v) is 4.66. The van der Waals surface area contributed by atoms with Crippen LogP contribution < -0.4 is 10.1 Å². The molecule has 5 heteroatoms.